The summed E-state index contributed by atoms with van der Waals surface area (Å²) in [5, 5.41) is 7.25. The van der Waals surface area contributed by atoms with Crippen LogP contribution in [0.1, 0.15) is 18.1 Å². The minimum absolute atomic E-state index is 0.0723. The number of nitrogens with one attached hydrogen (secondary N) is 2. The standard InChI is InChI=1S/C24H24N2O4/c1-2-17-8-4-6-13-21(17)26-22(27)15-25-23(28)16-30-24(29)14-19-11-7-10-18-9-3-5-12-20(18)19/h3-13H,2,14-16H2,1H3,(H,25,28)(H,26,27). The van der Waals surface area contributed by atoms with Crippen LogP contribution in [0.25, 0.3) is 10.8 Å². The minimum atomic E-state index is -0.528. The second-order valence-corrected chi connectivity index (χ2v) is 6.81. The maximum atomic E-state index is 12.1. The van der Waals surface area contributed by atoms with E-state index < -0.39 is 18.5 Å². The van der Waals surface area contributed by atoms with E-state index in [0.29, 0.717) is 0 Å². The lowest BCUT2D eigenvalue weighted by molar-refractivity contribution is -0.147. The lowest BCUT2D eigenvalue weighted by Crippen LogP contribution is -2.35. The van der Waals surface area contributed by atoms with E-state index in [4.69, 9.17) is 4.74 Å². The van der Waals surface area contributed by atoms with E-state index in [2.05, 4.69) is 10.6 Å². The van der Waals surface area contributed by atoms with Gasteiger partial charge < -0.3 is 15.4 Å². The van der Waals surface area contributed by atoms with E-state index in [-0.39, 0.29) is 18.9 Å². The predicted octanol–water partition coefficient (Wildman–Crippen LogP) is 3.24. The zero-order valence-electron chi connectivity index (χ0n) is 16.8. The Kier molecular flexibility index (Phi) is 7.16. The molecule has 0 aromatic heterocycles. The number of hydrogen-bond acceptors (Lipinski definition) is 4. The zero-order chi connectivity index (χ0) is 21.3. The van der Waals surface area contributed by atoms with E-state index in [9.17, 15) is 14.4 Å². The monoisotopic (exact) mass is 404 g/mol. The van der Waals surface area contributed by atoms with Gasteiger partial charge in [-0.1, -0.05) is 67.6 Å². The van der Waals surface area contributed by atoms with E-state index in [1.807, 2.05) is 73.7 Å². The molecule has 0 bridgehead atoms. The number of hydrogen-bond donors (Lipinski definition) is 2. The highest BCUT2D eigenvalue weighted by Crippen LogP contribution is 2.19. The summed E-state index contributed by atoms with van der Waals surface area (Å²) >= 11 is 0. The van der Waals surface area contributed by atoms with Gasteiger partial charge in [-0.2, -0.15) is 0 Å². The van der Waals surface area contributed by atoms with Gasteiger partial charge >= 0.3 is 5.97 Å². The summed E-state index contributed by atoms with van der Waals surface area (Å²) in [6, 6.07) is 21.0. The van der Waals surface area contributed by atoms with Crippen molar-refractivity contribution in [1.29, 1.82) is 0 Å². The van der Waals surface area contributed by atoms with Crippen molar-refractivity contribution in [3.63, 3.8) is 0 Å². The van der Waals surface area contributed by atoms with Crippen LogP contribution in [-0.4, -0.2) is 30.9 Å². The number of amides is 2. The SMILES string of the molecule is CCc1ccccc1NC(=O)CNC(=O)COC(=O)Cc1cccc2ccccc12. The van der Waals surface area contributed by atoms with Crippen LogP contribution in [0.2, 0.25) is 0 Å². The second-order valence-electron chi connectivity index (χ2n) is 6.81. The lowest BCUT2D eigenvalue weighted by atomic mass is 10.0. The van der Waals surface area contributed by atoms with Crippen molar-refractivity contribution in [3.05, 3.63) is 77.9 Å². The number of fused-ring (bicyclic) bond motifs is 1. The molecule has 3 aromatic rings. The molecule has 3 rings (SSSR count). The number of carbonyl (C=O) groups is 3. The summed E-state index contributed by atoms with van der Waals surface area (Å²) in [5.41, 5.74) is 2.58. The first-order chi connectivity index (χ1) is 14.6. The molecule has 0 saturated carbocycles. The molecule has 0 saturated heterocycles. The van der Waals surface area contributed by atoms with Crippen molar-refractivity contribution < 1.29 is 19.1 Å². The third-order valence-corrected chi connectivity index (χ3v) is 4.70. The Bertz CT molecular complexity index is 1060. The van der Waals surface area contributed by atoms with Crippen LogP contribution < -0.4 is 10.6 Å². The number of para-hydroxylation sites is 1. The van der Waals surface area contributed by atoms with E-state index in [0.717, 1.165) is 34.0 Å². The highest BCUT2D eigenvalue weighted by Gasteiger charge is 2.12. The molecule has 0 spiro atoms. The fourth-order valence-corrected chi connectivity index (χ4v) is 3.17. The molecular formula is C24H24N2O4. The Morgan fingerprint density at radius 1 is 0.833 bits per heavy atom. The summed E-state index contributed by atoms with van der Waals surface area (Å²) in [6.07, 6.45) is 0.860. The molecule has 154 valence electrons. The molecule has 2 amide bonds. The van der Waals surface area contributed by atoms with Gasteiger partial charge in [0.25, 0.3) is 5.91 Å². The van der Waals surface area contributed by atoms with Crippen LogP contribution in [0.15, 0.2) is 66.7 Å². The van der Waals surface area contributed by atoms with E-state index >= 15 is 0 Å². The first kappa shape index (κ1) is 21.0. The zero-order valence-corrected chi connectivity index (χ0v) is 16.8. The second kappa shape index (κ2) is 10.2. The van der Waals surface area contributed by atoms with Crippen molar-refractivity contribution >= 4 is 34.2 Å². The molecule has 0 aliphatic carbocycles. The molecule has 0 atom stereocenters. The number of ether oxygens (including phenoxy) is 1. The van der Waals surface area contributed by atoms with Gasteiger partial charge in [-0.05, 0) is 34.4 Å². The van der Waals surface area contributed by atoms with Crippen LogP contribution in [-0.2, 0) is 32.0 Å². The van der Waals surface area contributed by atoms with Crippen molar-refractivity contribution in [3.8, 4) is 0 Å². The van der Waals surface area contributed by atoms with Crippen LogP contribution in [0.4, 0.5) is 5.69 Å². The van der Waals surface area contributed by atoms with E-state index in [1.165, 1.54) is 0 Å². The van der Waals surface area contributed by atoms with Gasteiger partial charge in [0.1, 0.15) is 0 Å². The fourth-order valence-electron chi connectivity index (χ4n) is 3.17. The van der Waals surface area contributed by atoms with Crippen molar-refractivity contribution in [2.45, 2.75) is 19.8 Å². The molecule has 0 unspecified atom stereocenters. The quantitative estimate of drug-likeness (QED) is 0.565. The summed E-state index contributed by atoms with van der Waals surface area (Å²) in [5.74, 6) is -1.37. The molecule has 6 heteroatoms. The maximum Gasteiger partial charge on any atom is 0.310 e. The molecular weight excluding hydrogens is 380 g/mol. The highest BCUT2D eigenvalue weighted by atomic mass is 16.5. The van der Waals surface area contributed by atoms with Crippen molar-refractivity contribution in [2.24, 2.45) is 0 Å². The molecule has 30 heavy (non-hydrogen) atoms. The Labute approximate surface area is 175 Å². The summed E-state index contributed by atoms with van der Waals surface area (Å²) in [4.78, 5) is 36.1. The first-order valence-electron chi connectivity index (χ1n) is 9.83. The smallest absolute Gasteiger partial charge is 0.310 e. The first-order valence-corrected chi connectivity index (χ1v) is 9.83. The van der Waals surface area contributed by atoms with Crippen LogP contribution in [0.5, 0.6) is 0 Å². The van der Waals surface area contributed by atoms with Gasteiger partial charge in [0.15, 0.2) is 6.61 Å². The van der Waals surface area contributed by atoms with Gasteiger partial charge in [-0.25, -0.2) is 0 Å². The Hall–Kier alpha value is -3.67. The number of rotatable bonds is 8. The van der Waals surface area contributed by atoms with Gasteiger partial charge in [-0.3, -0.25) is 14.4 Å². The third-order valence-electron chi connectivity index (χ3n) is 4.70. The van der Waals surface area contributed by atoms with Gasteiger partial charge in [0, 0.05) is 5.69 Å². The number of anilines is 1. The Morgan fingerprint density at radius 2 is 1.53 bits per heavy atom. The summed E-state index contributed by atoms with van der Waals surface area (Å²) < 4.78 is 5.06. The number of esters is 1. The van der Waals surface area contributed by atoms with Crippen molar-refractivity contribution in [1.82, 2.24) is 5.32 Å². The Morgan fingerprint density at radius 3 is 2.37 bits per heavy atom. The molecule has 0 fully saturated rings. The highest BCUT2D eigenvalue weighted by molar-refractivity contribution is 5.95. The molecule has 0 radical (unpaired) electrons. The Balaban J connectivity index is 1.44. The predicted molar refractivity (Wildman–Crippen MR) is 116 cm³/mol. The van der Waals surface area contributed by atoms with Crippen molar-refractivity contribution in [2.75, 3.05) is 18.5 Å². The average Bonchev–Trinajstić information content (AvgIpc) is 2.77. The third kappa shape index (κ3) is 5.67. The molecule has 2 N–H and O–H groups in total. The van der Waals surface area contributed by atoms with Crippen LogP contribution in [0.3, 0.4) is 0 Å². The van der Waals surface area contributed by atoms with Crippen LogP contribution in [0, 0.1) is 0 Å². The van der Waals surface area contributed by atoms with Gasteiger partial charge in [-0.15, -0.1) is 0 Å². The normalized spacial score (nSPS) is 10.4. The topological polar surface area (TPSA) is 84.5 Å². The van der Waals surface area contributed by atoms with Crippen LogP contribution >= 0.6 is 0 Å². The molecule has 0 aliphatic rings. The fraction of sp³-hybridized carbons (Fsp3) is 0.208. The maximum absolute atomic E-state index is 12.1. The minimum Gasteiger partial charge on any atom is -0.455 e. The number of aryl methyl sites for hydroxylation is 1. The van der Waals surface area contributed by atoms with Gasteiger partial charge in [0.05, 0.1) is 13.0 Å². The summed E-state index contributed by atoms with van der Waals surface area (Å²) in [7, 11) is 0. The molecule has 6 nitrogen and oxygen atoms in total. The molecule has 3 aromatic carbocycles. The van der Waals surface area contributed by atoms with E-state index in [1.54, 1.807) is 0 Å². The largest absolute Gasteiger partial charge is 0.455 e. The average molecular weight is 404 g/mol. The number of carbonyl (C=O) groups excluding carboxylic acids is 3. The lowest BCUT2D eigenvalue weighted by Gasteiger charge is -2.11. The molecule has 0 aliphatic heterocycles. The molecule has 0 heterocycles. The summed E-state index contributed by atoms with van der Waals surface area (Å²) in [6.45, 7) is 1.37. The van der Waals surface area contributed by atoms with Gasteiger partial charge in [0.2, 0.25) is 5.91 Å². The number of benzene rings is 3.